The summed E-state index contributed by atoms with van der Waals surface area (Å²) in [5, 5.41) is 2.91. The fourth-order valence-electron chi connectivity index (χ4n) is 3.52. The summed E-state index contributed by atoms with van der Waals surface area (Å²) in [6.45, 7) is 8.66. The molecule has 0 aliphatic carbocycles. The zero-order chi connectivity index (χ0) is 18.7. The number of hydrogen-bond acceptors (Lipinski definition) is 4. The molecular formula is C20H30N4O2. The van der Waals surface area contributed by atoms with Crippen molar-refractivity contribution in [1.82, 2.24) is 9.80 Å². The number of nitrogens with one attached hydrogen (secondary N) is 1. The standard InChI is InChI=1S/C20H30N4O2/c1-20(2,19(26)24-14-12-22(3)13-15-24)18(25)21-16-6-8-17(9-7-16)23-10-4-5-11-23/h6-9H,4-5,10-15H2,1-3H3,(H,21,25). The number of piperazine rings is 1. The molecule has 1 aromatic carbocycles. The van der Waals surface area contributed by atoms with Crippen molar-refractivity contribution in [1.29, 1.82) is 0 Å². The Morgan fingerprint density at radius 3 is 2.08 bits per heavy atom. The van der Waals surface area contributed by atoms with Crippen LogP contribution in [0.2, 0.25) is 0 Å². The third-order valence-electron chi connectivity index (χ3n) is 5.49. The Hall–Kier alpha value is -2.08. The molecule has 142 valence electrons. The number of amides is 2. The molecule has 0 spiro atoms. The Morgan fingerprint density at radius 2 is 1.50 bits per heavy atom. The molecule has 0 unspecified atom stereocenters. The predicted octanol–water partition coefficient (Wildman–Crippen LogP) is 2.03. The van der Waals surface area contributed by atoms with Crippen molar-refractivity contribution in [3.8, 4) is 0 Å². The molecule has 0 bridgehead atoms. The Morgan fingerprint density at radius 1 is 0.923 bits per heavy atom. The van der Waals surface area contributed by atoms with Gasteiger partial charge in [-0.1, -0.05) is 0 Å². The van der Waals surface area contributed by atoms with E-state index >= 15 is 0 Å². The van der Waals surface area contributed by atoms with Crippen LogP contribution in [0.4, 0.5) is 11.4 Å². The van der Waals surface area contributed by atoms with E-state index in [0.29, 0.717) is 13.1 Å². The molecule has 1 N–H and O–H groups in total. The maximum Gasteiger partial charge on any atom is 0.239 e. The Labute approximate surface area is 156 Å². The maximum absolute atomic E-state index is 12.8. The molecule has 0 aromatic heterocycles. The first-order chi connectivity index (χ1) is 12.4. The van der Waals surface area contributed by atoms with Crippen LogP contribution in [0.3, 0.4) is 0 Å². The first kappa shape index (κ1) is 18.7. The van der Waals surface area contributed by atoms with Gasteiger partial charge in [-0.2, -0.15) is 0 Å². The largest absolute Gasteiger partial charge is 0.372 e. The second kappa shape index (κ2) is 7.66. The minimum Gasteiger partial charge on any atom is -0.372 e. The van der Waals surface area contributed by atoms with Gasteiger partial charge in [0.2, 0.25) is 11.8 Å². The summed E-state index contributed by atoms with van der Waals surface area (Å²) >= 11 is 0. The van der Waals surface area contributed by atoms with Gasteiger partial charge < -0.3 is 20.0 Å². The second-order valence-corrected chi connectivity index (χ2v) is 7.92. The van der Waals surface area contributed by atoms with E-state index in [2.05, 4.69) is 15.1 Å². The van der Waals surface area contributed by atoms with Gasteiger partial charge in [0, 0.05) is 50.6 Å². The van der Waals surface area contributed by atoms with Gasteiger partial charge in [-0.15, -0.1) is 0 Å². The summed E-state index contributed by atoms with van der Waals surface area (Å²) in [6.07, 6.45) is 2.47. The Balaban J connectivity index is 1.61. The number of hydrogen-bond donors (Lipinski definition) is 1. The van der Waals surface area contributed by atoms with Crippen molar-refractivity contribution in [3.05, 3.63) is 24.3 Å². The van der Waals surface area contributed by atoms with E-state index in [-0.39, 0.29) is 11.8 Å². The van der Waals surface area contributed by atoms with Gasteiger partial charge in [0.1, 0.15) is 5.41 Å². The zero-order valence-corrected chi connectivity index (χ0v) is 16.1. The summed E-state index contributed by atoms with van der Waals surface area (Å²) < 4.78 is 0. The average molecular weight is 358 g/mol. The lowest BCUT2D eigenvalue weighted by Crippen LogP contribution is -2.53. The van der Waals surface area contributed by atoms with Gasteiger partial charge in [-0.05, 0) is 58.0 Å². The third-order valence-corrected chi connectivity index (χ3v) is 5.49. The number of rotatable bonds is 4. The molecule has 26 heavy (non-hydrogen) atoms. The highest BCUT2D eigenvalue weighted by Gasteiger charge is 2.39. The summed E-state index contributed by atoms with van der Waals surface area (Å²) in [5.74, 6) is -0.355. The van der Waals surface area contributed by atoms with Crippen molar-refractivity contribution in [2.75, 3.05) is 56.5 Å². The average Bonchev–Trinajstić information content (AvgIpc) is 3.17. The van der Waals surface area contributed by atoms with E-state index in [1.54, 1.807) is 18.7 Å². The normalized spacial score (nSPS) is 18.9. The topological polar surface area (TPSA) is 55.9 Å². The number of carbonyl (C=O) groups excluding carboxylic acids is 2. The highest BCUT2D eigenvalue weighted by molar-refractivity contribution is 6.09. The smallest absolute Gasteiger partial charge is 0.239 e. The van der Waals surface area contributed by atoms with Crippen LogP contribution < -0.4 is 10.2 Å². The third kappa shape index (κ3) is 4.01. The van der Waals surface area contributed by atoms with Crippen LogP contribution in [0.25, 0.3) is 0 Å². The molecule has 6 heteroatoms. The summed E-state index contributed by atoms with van der Waals surface area (Å²) in [4.78, 5) is 31.9. The number of likely N-dealkylation sites (N-methyl/N-ethyl adjacent to an activating group) is 1. The van der Waals surface area contributed by atoms with Gasteiger partial charge in [-0.3, -0.25) is 9.59 Å². The van der Waals surface area contributed by atoms with Gasteiger partial charge in [0.05, 0.1) is 0 Å². The lowest BCUT2D eigenvalue weighted by Gasteiger charge is -2.36. The first-order valence-corrected chi connectivity index (χ1v) is 9.52. The van der Waals surface area contributed by atoms with Crippen molar-refractivity contribution in [2.45, 2.75) is 26.7 Å². The van der Waals surface area contributed by atoms with Crippen LogP contribution in [-0.2, 0) is 9.59 Å². The van der Waals surface area contributed by atoms with Crippen molar-refractivity contribution >= 4 is 23.2 Å². The fourth-order valence-corrected chi connectivity index (χ4v) is 3.52. The molecule has 0 radical (unpaired) electrons. The molecule has 2 fully saturated rings. The molecule has 2 aliphatic rings. The molecule has 0 saturated carbocycles. The van der Waals surface area contributed by atoms with Crippen LogP contribution in [0.1, 0.15) is 26.7 Å². The molecular weight excluding hydrogens is 328 g/mol. The van der Waals surface area contributed by atoms with Gasteiger partial charge in [0.15, 0.2) is 0 Å². The van der Waals surface area contributed by atoms with Crippen molar-refractivity contribution in [3.63, 3.8) is 0 Å². The highest BCUT2D eigenvalue weighted by atomic mass is 16.2. The summed E-state index contributed by atoms with van der Waals surface area (Å²) in [6, 6.07) is 7.91. The minimum absolute atomic E-state index is 0.100. The van der Waals surface area contributed by atoms with E-state index in [1.807, 2.05) is 31.3 Å². The molecule has 2 saturated heterocycles. The number of nitrogens with zero attached hydrogens (tertiary/aromatic N) is 3. The van der Waals surface area contributed by atoms with Crippen LogP contribution in [-0.4, -0.2) is 67.9 Å². The molecule has 3 rings (SSSR count). The van der Waals surface area contributed by atoms with E-state index in [9.17, 15) is 9.59 Å². The van der Waals surface area contributed by atoms with Crippen LogP contribution in [0.5, 0.6) is 0 Å². The fraction of sp³-hybridized carbons (Fsp3) is 0.600. The predicted molar refractivity (Wildman–Crippen MR) is 104 cm³/mol. The monoisotopic (exact) mass is 358 g/mol. The van der Waals surface area contributed by atoms with E-state index < -0.39 is 5.41 Å². The van der Waals surface area contributed by atoms with E-state index in [0.717, 1.165) is 31.9 Å². The van der Waals surface area contributed by atoms with Crippen LogP contribution >= 0.6 is 0 Å². The van der Waals surface area contributed by atoms with Gasteiger partial charge in [-0.25, -0.2) is 0 Å². The van der Waals surface area contributed by atoms with Gasteiger partial charge in [0.25, 0.3) is 0 Å². The summed E-state index contributed by atoms with van der Waals surface area (Å²) in [7, 11) is 2.05. The van der Waals surface area contributed by atoms with Crippen LogP contribution in [0.15, 0.2) is 24.3 Å². The lowest BCUT2D eigenvalue weighted by molar-refractivity contribution is -0.147. The second-order valence-electron chi connectivity index (χ2n) is 7.92. The zero-order valence-electron chi connectivity index (χ0n) is 16.1. The molecule has 2 aliphatic heterocycles. The molecule has 0 atom stereocenters. The minimum atomic E-state index is -1.08. The number of anilines is 2. The van der Waals surface area contributed by atoms with E-state index in [1.165, 1.54) is 18.5 Å². The summed E-state index contributed by atoms with van der Waals surface area (Å²) in [5.41, 5.74) is 0.842. The molecule has 1 aromatic rings. The quantitative estimate of drug-likeness (QED) is 0.837. The molecule has 2 heterocycles. The maximum atomic E-state index is 12.8. The molecule has 6 nitrogen and oxygen atoms in total. The van der Waals surface area contributed by atoms with E-state index in [4.69, 9.17) is 0 Å². The molecule has 2 amide bonds. The van der Waals surface area contributed by atoms with Crippen LogP contribution in [0, 0.1) is 5.41 Å². The lowest BCUT2D eigenvalue weighted by atomic mass is 9.89. The number of benzene rings is 1. The SMILES string of the molecule is CN1CCN(C(=O)C(C)(C)C(=O)Nc2ccc(N3CCCC3)cc2)CC1. The van der Waals surface area contributed by atoms with Crippen molar-refractivity contribution in [2.24, 2.45) is 5.41 Å². The van der Waals surface area contributed by atoms with Crippen molar-refractivity contribution < 1.29 is 9.59 Å². The number of carbonyl (C=O) groups is 2. The Bertz CT molecular complexity index is 642. The van der Waals surface area contributed by atoms with Gasteiger partial charge >= 0.3 is 0 Å². The first-order valence-electron chi connectivity index (χ1n) is 9.52. The Kier molecular flexibility index (Phi) is 5.51. The highest BCUT2D eigenvalue weighted by Crippen LogP contribution is 2.25.